The number of nitrogens with zero attached hydrogens (tertiary/aromatic N) is 2. The SMILES string of the molecule is Cc1cncn1-c1cccc(OCc2ccccc2)c1. The fourth-order valence-electron chi connectivity index (χ4n) is 2.10. The molecule has 0 spiro atoms. The largest absolute Gasteiger partial charge is 0.489 e. The van der Waals surface area contributed by atoms with Crippen molar-refractivity contribution in [3.05, 3.63) is 78.4 Å². The van der Waals surface area contributed by atoms with Gasteiger partial charge in [0.05, 0.1) is 12.0 Å². The van der Waals surface area contributed by atoms with Gasteiger partial charge in [-0.25, -0.2) is 4.98 Å². The maximum atomic E-state index is 5.84. The van der Waals surface area contributed by atoms with E-state index in [1.807, 2.05) is 66.5 Å². The lowest BCUT2D eigenvalue weighted by molar-refractivity contribution is 0.306. The van der Waals surface area contributed by atoms with Gasteiger partial charge >= 0.3 is 0 Å². The molecule has 3 rings (SSSR count). The standard InChI is InChI=1S/C17H16N2O/c1-14-11-18-13-19(14)16-8-5-9-17(10-16)20-12-15-6-3-2-4-7-15/h2-11,13H,12H2,1H3. The van der Waals surface area contributed by atoms with Crippen LogP contribution < -0.4 is 4.74 Å². The second-order valence-electron chi connectivity index (χ2n) is 4.68. The van der Waals surface area contributed by atoms with Gasteiger partial charge in [-0.15, -0.1) is 0 Å². The zero-order valence-corrected chi connectivity index (χ0v) is 11.4. The van der Waals surface area contributed by atoms with Gasteiger partial charge in [-0.3, -0.25) is 0 Å². The summed E-state index contributed by atoms with van der Waals surface area (Å²) in [5.41, 5.74) is 3.33. The van der Waals surface area contributed by atoms with Crippen molar-refractivity contribution in [2.75, 3.05) is 0 Å². The van der Waals surface area contributed by atoms with Crippen LogP contribution in [0.1, 0.15) is 11.3 Å². The lowest BCUT2D eigenvalue weighted by Crippen LogP contribution is -1.98. The van der Waals surface area contributed by atoms with Gasteiger partial charge in [-0.05, 0) is 24.6 Å². The fraction of sp³-hybridized carbons (Fsp3) is 0.118. The summed E-state index contributed by atoms with van der Waals surface area (Å²) in [6.07, 6.45) is 3.66. The molecule has 0 saturated heterocycles. The normalized spacial score (nSPS) is 10.4. The third-order valence-corrected chi connectivity index (χ3v) is 3.17. The van der Waals surface area contributed by atoms with E-state index in [0.717, 1.165) is 22.7 Å². The van der Waals surface area contributed by atoms with Gasteiger partial charge in [0.1, 0.15) is 12.4 Å². The van der Waals surface area contributed by atoms with E-state index < -0.39 is 0 Å². The Morgan fingerprint density at radius 2 is 1.90 bits per heavy atom. The molecule has 0 radical (unpaired) electrons. The van der Waals surface area contributed by atoms with Gasteiger partial charge in [0, 0.05) is 18.0 Å². The average molecular weight is 264 g/mol. The molecule has 0 aliphatic rings. The van der Waals surface area contributed by atoms with Crippen molar-refractivity contribution in [3.8, 4) is 11.4 Å². The van der Waals surface area contributed by atoms with E-state index in [9.17, 15) is 0 Å². The molecule has 0 amide bonds. The van der Waals surface area contributed by atoms with Crippen LogP contribution in [0.2, 0.25) is 0 Å². The Bertz CT molecular complexity index is 689. The van der Waals surface area contributed by atoms with E-state index in [1.54, 1.807) is 0 Å². The van der Waals surface area contributed by atoms with Gasteiger partial charge in [-0.1, -0.05) is 36.4 Å². The third-order valence-electron chi connectivity index (χ3n) is 3.17. The topological polar surface area (TPSA) is 27.1 Å². The summed E-state index contributed by atoms with van der Waals surface area (Å²) < 4.78 is 7.87. The van der Waals surface area contributed by atoms with Crippen molar-refractivity contribution in [3.63, 3.8) is 0 Å². The number of ether oxygens (including phenoxy) is 1. The van der Waals surface area contributed by atoms with Gasteiger partial charge in [0.2, 0.25) is 0 Å². The summed E-state index contributed by atoms with van der Waals surface area (Å²) in [6, 6.07) is 18.2. The molecule has 0 N–H and O–H groups in total. The third kappa shape index (κ3) is 2.72. The van der Waals surface area contributed by atoms with Gasteiger partial charge in [-0.2, -0.15) is 0 Å². The Labute approximate surface area is 118 Å². The number of rotatable bonds is 4. The second kappa shape index (κ2) is 5.61. The molecule has 1 aromatic heterocycles. The maximum absolute atomic E-state index is 5.84. The van der Waals surface area contributed by atoms with E-state index in [2.05, 4.69) is 17.1 Å². The average Bonchev–Trinajstić information content (AvgIpc) is 2.93. The molecular weight excluding hydrogens is 248 g/mol. The second-order valence-corrected chi connectivity index (χ2v) is 4.68. The summed E-state index contributed by atoms with van der Waals surface area (Å²) in [6.45, 7) is 2.61. The van der Waals surface area contributed by atoms with Crippen molar-refractivity contribution >= 4 is 0 Å². The first-order chi connectivity index (χ1) is 9.83. The first kappa shape index (κ1) is 12.5. The summed E-state index contributed by atoms with van der Waals surface area (Å²) in [5.74, 6) is 0.861. The number of benzene rings is 2. The van der Waals surface area contributed by atoms with Gasteiger partial charge in [0.15, 0.2) is 0 Å². The predicted molar refractivity (Wildman–Crippen MR) is 79.1 cm³/mol. The molecule has 20 heavy (non-hydrogen) atoms. The highest BCUT2D eigenvalue weighted by molar-refractivity contribution is 5.40. The first-order valence-electron chi connectivity index (χ1n) is 6.59. The number of hydrogen-bond donors (Lipinski definition) is 0. The van der Waals surface area contributed by atoms with Crippen LogP contribution in [0.25, 0.3) is 5.69 Å². The zero-order chi connectivity index (χ0) is 13.8. The van der Waals surface area contributed by atoms with E-state index >= 15 is 0 Å². The molecule has 0 aliphatic heterocycles. The molecule has 100 valence electrons. The minimum absolute atomic E-state index is 0.577. The van der Waals surface area contributed by atoms with Crippen molar-refractivity contribution in [1.29, 1.82) is 0 Å². The van der Waals surface area contributed by atoms with Crippen LogP contribution >= 0.6 is 0 Å². The minimum Gasteiger partial charge on any atom is -0.489 e. The number of imidazole rings is 1. The monoisotopic (exact) mass is 264 g/mol. The Balaban J connectivity index is 1.77. The van der Waals surface area contributed by atoms with Crippen LogP contribution in [0, 0.1) is 6.92 Å². The first-order valence-corrected chi connectivity index (χ1v) is 6.59. The Hall–Kier alpha value is -2.55. The zero-order valence-electron chi connectivity index (χ0n) is 11.4. The highest BCUT2D eigenvalue weighted by Crippen LogP contribution is 2.19. The highest BCUT2D eigenvalue weighted by atomic mass is 16.5. The lowest BCUT2D eigenvalue weighted by atomic mass is 10.2. The van der Waals surface area contributed by atoms with Crippen molar-refractivity contribution in [1.82, 2.24) is 9.55 Å². The Morgan fingerprint density at radius 1 is 1.05 bits per heavy atom. The summed E-state index contributed by atoms with van der Waals surface area (Å²) in [5, 5.41) is 0. The van der Waals surface area contributed by atoms with Crippen LogP contribution in [0.4, 0.5) is 0 Å². The van der Waals surface area contributed by atoms with E-state index in [0.29, 0.717) is 6.61 Å². The molecule has 0 atom stereocenters. The molecule has 0 fully saturated rings. The van der Waals surface area contributed by atoms with E-state index in [4.69, 9.17) is 4.74 Å². The molecule has 0 saturated carbocycles. The molecule has 0 unspecified atom stereocenters. The van der Waals surface area contributed by atoms with Gasteiger partial charge < -0.3 is 9.30 Å². The van der Waals surface area contributed by atoms with Crippen LogP contribution in [-0.4, -0.2) is 9.55 Å². The summed E-state index contributed by atoms with van der Waals surface area (Å²) in [4.78, 5) is 4.14. The number of aromatic nitrogens is 2. The summed E-state index contributed by atoms with van der Waals surface area (Å²) in [7, 11) is 0. The molecule has 0 aliphatic carbocycles. The maximum Gasteiger partial charge on any atom is 0.121 e. The Kier molecular flexibility index (Phi) is 3.50. The van der Waals surface area contributed by atoms with Crippen molar-refractivity contribution in [2.45, 2.75) is 13.5 Å². The van der Waals surface area contributed by atoms with Crippen LogP contribution in [-0.2, 0) is 6.61 Å². The summed E-state index contributed by atoms with van der Waals surface area (Å²) >= 11 is 0. The smallest absolute Gasteiger partial charge is 0.121 e. The number of hydrogen-bond acceptors (Lipinski definition) is 2. The fourth-order valence-corrected chi connectivity index (χ4v) is 2.10. The van der Waals surface area contributed by atoms with Crippen LogP contribution in [0.3, 0.4) is 0 Å². The minimum atomic E-state index is 0.577. The molecule has 1 heterocycles. The molecule has 3 heteroatoms. The quantitative estimate of drug-likeness (QED) is 0.717. The van der Waals surface area contributed by atoms with E-state index in [1.165, 1.54) is 0 Å². The van der Waals surface area contributed by atoms with Crippen molar-refractivity contribution in [2.24, 2.45) is 0 Å². The highest BCUT2D eigenvalue weighted by Gasteiger charge is 2.02. The predicted octanol–water partition coefficient (Wildman–Crippen LogP) is 3.76. The lowest BCUT2D eigenvalue weighted by Gasteiger charge is -2.09. The van der Waals surface area contributed by atoms with Gasteiger partial charge in [0.25, 0.3) is 0 Å². The van der Waals surface area contributed by atoms with E-state index in [-0.39, 0.29) is 0 Å². The van der Waals surface area contributed by atoms with Crippen LogP contribution in [0.15, 0.2) is 67.1 Å². The number of aryl methyl sites for hydroxylation is 1. The van der Waals surface area contributed by atoms with Crippen molar-refractivity contribution < 1.29 is 4.74 Å². The molecular formula is C17H16N2O. The molecule has 3 nitrogen and oxygen atoms in total. The van der Waals surface area contributed by atoms with Crippen LogP contribution in [0.5, 0.6) is 5.75 Å². The molecule has 3 aromatic rings. The molecule has 2 aromatic carbocycles. The molecule has 0 bridgehead atoms. The Morgan fingerprint density at radius 3 is 2.65 bits per heavy atom.